The van der Waals surface area contributed by atoms with E-state index in [-0.39, 0.29) is 6.61 Å². The molecule has 2 aliphatic heterocycles. The van der Waals surface area contributed by atoms with Gasteiger partial charge in [-0.3, -0.25) is 4.79 Å². The third-order valence-corrected chi connectivity index (χ3v) is 1.96. The highest BCUT2D eigenvalue weighted by atomic mass is 16.7. The van der Waals surface area contributed by atoms with Crippen molar-refractivity contribution >= 4 is 5.97 Å². The van der Waals surface area contributed by atoms with E-state index < -0.39 is 24.2 Å². The zero-order valence-electron chi connectivity index (χ0n) is 8.83. The van der Waals surface area contributed by atoms with E-state index in [1.54, 1.807) is 0 Å². The number of carbonyl (C=O) groups is 1. The molecule has 2 rings (SSSR count). The molecule has 4 heteroatoms. The fraction of sp³-hybridized carbons (Fsp3) is 0.875. The molecule has 0 saturated carbocycles. The smallest absolute Gasteiger partial charge is 0.302 e. The summed E-state index contributed by atoms with van der Waals surface area (Å²) in [4.78, 5) is 10.8. The number of carbonyl (C=O) groups excluding carboxylic acids is 1. The van der Waals surface area contributed by atoms with Gasteiger partial charge in [0.1, 0.15) is 6.08 Å². The van der Waals surface area contributed by atoms with Gasteiger partial charge in [-0.15, -0.1) is 0 Å². The van der Waals surface area contributed by atoms with Gasteiger partial charge in [-0.1, -0.05) is 0 Å². The number of fused-ring (bicyclic) bond motifs is 1. The van der Waals surface area contributed by atoms with E-state index in [4.69, 9.17) is 17.0 Å². The third-order valence-electron chi connectivity index (χ3n) is 1.96. The molecule has 4 nitrogen and oxygen atoms in total. The highest BCUT2D eigenvalue weighted by Gasteiger charge is 2.43. The van der Waals surface area contributed by atoms with E-state index in [1.807, 2.05) is 0 Å². The Morgan fingerprint density at radius 3 is 3.25 bits per heavy atom. The summed E-state index contributed by atoms with van der Waals surface area (Å²) in [5, 5.41) is 0. The molecule has 12 heavy (non-hydrogen) atoms. The number of hydrogen-bond acceptors (Lipinski definition) is 4. The van der Waals surface area contributed by atoms with Gasteiger partial charge >= 0.3 is 5.97 Å². The summed E-state index contributed by atoms with van der Waals surface area (Å²) >= 11 is 0. The fourth-order valence-electron chi connectivity index (χ4n) is 1.46. The average Bonchev–Trinajstić information content (AvgIpc) is 2.52. The van der Waals surface area contributed by atoms with Crippen LogP contribution in [0.5, 0.6) is 0 Å². The van der Waals surface area contributed by atoms with Crippen molar-refractivity contribution in [1.82, 2.24) is 0 Å². The van der Waals surface area contributed by atoms with E-state index in [1.165, 1.54) is 6.92 Å². The monoisotopic (exact) mass is 174 g/mol. The van der Waals surface area contributed by atoms with Crippen LogP contribution in [0, 0.1) is 5.92 Å². The standard InChI is InChI=1S/C8H12O4/c1-5(9)12-7-4-11-8-6(7)2-3-10-8/h6-8H,2-4H2,1H3/i7D,8D. The zero-order chi connectivity index (χ0) is 10.4. The lowest BCUT2D eigenvalue weighted by molar-refractivity contribution is -0.147. The first-order chi connectivity index (χ1) is 6.46. The topological polar surface area (TPSA) is 44.8 Å². The first-order valence-corrected chi connectivity index (χ1v) is 3.94. The molecule has 0 spiro atoms. The van der Waals surface area contributed by atoms with Crippen LogP contribution in [0.15, 0.2) is 0 Å². The average molecular weight is 174 g/mol. The number of rotatable bonds is 1. The molecular formula is C8H12O4. The van der Waals surface area contributed by atoms with Crippen LogP contribution in [-0.2, 0) is 19.0 Å². The van der Waals surface area contributed by atoms with Crippen LogP contribution < -0.4 is 0 Å². The Morgan fingerprint density at radius 1 is 1.67 bits per heavy atom. The SMILES string of the molecule is [2H]C1(OC(C)=O)COC2([2H])OCCC12. The van der Waals surface area contributed by atoms with Crippen LogP contribution in [0.3, 0.4) is 0 Å². The van der Waals surface area contributed by atoms with E-state index in [0.29, 0.717) is 13.0 Å². The largest absolute Gasteiger partial charge is 0.460 e. The van der Waals surface area contributed by atoms with Gasteiger partial charge in [0.05, 0.1) is 21.9 Å². The summed E-state index contributed by atoms with van der Waals surface area (Å²) in [6, 6.07) is 0. The van der Waals surface area contributed by atoms with Gasteiger partial charge in [0.15, 0.2) is 6.27 Å². The van der Waals surface area contributed by atoms with Crippen LogP contribution in [0.4, 0.5) is 0 Å². The second kappa shape index (κ2) is 3.03. The quantitative estimate of drug-likeness (QED) is 0.537. The van der Waals surface area contributed by atoms with Gasteiger partial charge in [0.25, 0.3) is 0 Å². The lowest BCUT2D eigenvalue weighted by atomic mass is 10.0. The molecule has 0 amide bonds. The van der Waals surface area contributed by atoms with Crippen molar-refractivity contribution in [2.75, 3.05) is 13.2 Å². The molecule has 0 N–H and O–H groups in total. The molecule has 0 aromatic carbocycles. The third kappa shape index (κ3) is 1.32. The lowest BCUT2D eigenvalue weighted by Crippen LogP contribution is -2.25. The highest BCUT2D eigenvalue weighted by Crippen LogP contribution is 2.32. The molecule has 0 aromatic rings. The molecule has 0 radical (unpaired) electrons. The van der Waals surface area contributed by atoms with Crippen LogP contribution in [0.25, 0.3) is 0 Å². The normalized spacial score (nSPS) is 54.2. The van der Waals surface area contributed by atoms with Crippen molar-refractivity contribution in [1.29, 1.82) is 0 Å². The van der Waals surface area contributed by atoms with E-state index in [9.17, 15) is 4.79 Å². The second-order valence-electron chi connectivity index (χ2n) is 2.86. The van der Waals surface area contributed by atoms with Crippen molar-refractivity contribution in [3.05, 3.63) is 0 Å². The van der Waals surface area contributed by atoms with Gasteiger partial charge < -0.3 is 14.2 Å². The van der Waals surface area contributed by atoms with Gasteiger partial charge in [0.2, 0.25) is 0 Å². The Balaban J connectivity index is 2.18. The summed E-state index contributed by atoms with van der Waals surface area (Å²) in [5.41, 5.74) is 0. The molecule has 68 valence electrons. The maximum atomic E-state index is 10.8. The number of hydrogen-bond donors (Lipinski definition) is 0. The van der Waals surface area contributed by atoms with Gasteiger partial charge in [0, 0.05) is 6.92 Å². The zero-order valence-corrected chi connectivity index (χ0v) is 6.83. The van der Waals surface area contributed by atoms with E-state index >= 15 is 0 Å². The van der Waals surface area contributed by atoms with Gasteiger partial charge in [-0.05, 0) is 6.42 Å². The Bertz CT molecular complexity index is 272. The summed E-state index contributed by atoms with van der Waals surface area (Å²) in [5.74, 6) is -1.04. The molecule has 2 fully saturated rings. The molecule has 2 aliphatic rings. The summed E-state index contributed by atoms with van der Waals surface area (Å²) in [6.45, 7) is 1.52. The summed E-state index contributed by atoms with van der Waals surface area (Å²) < 4.78 is 30.7. The highest BCUT2D eigenvalue weighted by molar-refractivity contribution is 5.66. The predicted octanol–water partition coefficient (Wildman–Crippen LogP) is 0.311. The van der Waals surface area contributed by atoms with Crippen molar-refractivity contribution in [2.24, 2.45) is 5.92 Å². The molecule has 3 unspecified atom stereocenters. The Labute approximate surface area is 73.6 Å². The Kier molecular flexibility index (Phi) is 1.50. The molecular weight excluding hydrogens is 160 g/mol. The molecule has 0 aromatic heterocycles. The van der Waals surface area contributed by atoms with E-state index in [2.05, 4.69) is 0 Å². The number of esters is 1. The van der Waals surface area contributed by atoms with Gasteiger partial charge in [-0.2, -0.15) is 0 Å². The maximum absolute atomic E-state index is 10.8. The van der Waals surface area contributed by atoms with Crippen LogP contribution in [0.2, 0.25) is 0 Å². The lowest BCUT2D eigenvalue weighted by Gasteiger charge is -2.13. The molecule has 3 atom stereocenters. The van der Waals surface area contributed by atoms with Crippen LogP contribution in [0.1, 0.15) is 16.1 Å². The molecule has 0 bridgehead atoms. The minimum absolute atomic E-state index is 0.0965. The molecule has 2 saturated heterocycles. The molecule has 2 heterocycles. The van der Waals surface area contributed by atoms with Crippen molar-refractivity contribution < 1.29 is 21.7 Å². The van der Waals surface area contributed by atoms with Crippen molar-refractivity contribution in [3.8, 4) is 0 Å². The Hall–Kier alpha value is -0.610. The first-order valence-electron chi connectivity index (χ1n) is 4.94. The van der Waals surface area contributed by atoms with Crippen LogP contribution in [-0.4, -0.2) is 31.5 Å². The van der Waals surface area contributed by atoms with Crippen LogP contribution >= 0.6 is 0 Å². The predicted molar refractivity (Wildman–Crippen MR) is 39.4 cm³/mol. The maximum Gasteiger partial charge on any atom is 0.302 e. The fourth-order valence-corrected chi connectivity index (χ4v) is 1.46. The minimum atomic E-state index is -1.49. The summed E-state index contributed by atoms with van der Waals surface area (Å²) in [6.07, 6.45) is -2.43. The van der Waals surface area contributed by atoms with Gasteiger partial charge in [-0.25, -0.2) is 0 Å². The Morgan fingerprint density at radius 2 is 2.50 bits per heavy atom. The molecule has 0 aliphatic carbocycles. The van der Waals surface area contributed by atoms with Crippen molar-refractivity contribution in [2.45, 2.75) is 25.7 Å². The second-order valence-corrected chi connectivity index (χ2v) is 2.86. The number of ether oxygens (including phenoxy) is 3. The van der Waals surface area contributed by atoms with E-state index in [0.717, 1.165) is 0 Å². The van der Waals surface area contributed by atoms with Crippen molar-refractivity contribution in [3.63, 3.8) is 0 Å². The summed E-state index contributed by atoms with van der Waals surface area (Å²) in [7, 11) is 0. The minimum Gasteiger partial charge on any atom is -0.460 e. The first kappa shape index (κ1) is 5.94.